The second-order valence-corrected chi connectivity index (χ2v) is 6.91. The van der Waals surface area contributed by atoms with E-state index in [0.717, 1.165) is 12.8 Å². The number of rotatable bonds is 9. The molecule has 0 aliphatic carbocycles. The van der Waals surface area contributed by atoms with Crippen molar-refractivity contribution in [3.05, 3.63) is 24.3 Å². The van der Waals surface area contributed by atoms with Crippen molar-refractivity contribution in [1.82, 2.24) is 0 Å². The van der Waals surface area contributed by atoms with Crippen molar-refractivity contribution < 1.29 is 37.1 Å². The Labute approximate surface area is 156 Å². The summed E-state index contributed by atoms with van der Waals surface area (Å²) in [6, 6.07) is 7.04. The van der Waals surface area contributed by atoms with Crippen molar-refractivity contribution in [2.45, 2.75) is 52.2 Å². The summed E-state index contributed by atoms with van der Waals surface area (Å²) in [5.41, 5.74) is 0.674. The number of aliphatic hydroxyl groups is 1. The first kappa shape index (κ1) is 23.5. The monoisotopic (exact) mass is 374 g/mol. The molecule has 0 heterocycles. The molecule has 1 aromatic rings. The number of carbonyl (C=O) groups excluding carboxylic acids is 1. The molecule has 144 valence electrons. The fourth-order valence-corrected chi connectivity index (χ4v) is 1.88. The van der Waals surface area contributed by atoms with Gasteiger partial charge in [0, 0.05) is 11.8 Å². The molecule has 7 heteroatoms. The molecule has 0 spiro atoms. The van der Waals surface area contributed by atoms with Crippen molar-refractivity contribution >= 4 is 11.8 Å². The first-order chi connectivity index (χ1) is 11.3. The van der Waals surface area contributed by atoms with E-state index in [1.165, 1.54) is 0 Å². The van der Waals surface area contributed by atoms with Gasteiger partial charge in [0.2, 0.25) is 0 Å². The summed E-state index contributed by atoms with van der Waals surface area (Å²) >= 11 is 0. The first-order valence-electron chi connectivity index (χ1n) is 8.49. The Hall–Kier alpha value is -1.50. The van der Waals surface area contributed by atoms with E-state index in [1.54, 1.807) is 24.3 Å². The highest BCUT2D eigenvalue weighted by molar-refractivity contribution is 5.84. The van der Waals surface area contributed by atoms with E-state index < -0.39 is 12.2 Å². The van der Waals surface area contributed by atoms with Crippen LogP contribution in [0.1, 0.15) is 40.5 Å². The average Bonchev–Trinajstić information content (AvgIpc) is 2.51. The number of quaternary nitrogens is 1. The smallest absolute Gasteiger partial charge is 0.411 e. The standard InChI is InChI=1S/C18H30N2O4.ClH/c1-5-6-10-23-17(22)20-14-8-7-9-16(11-14)24-13-15(21)12-19-18(2,3)4;/h7-9,11,15,19,21H,5-6,10,12-13H2,1-4H3,(H,20,22);1H. The highest BCUT2D eigenvalue weighted by atomic mass is 35.5. The Balaban J connectivity index is 0.00000576. The molecule has 0 saturated carbocycles. The lowest BCUT2D eigenvalue weighted by molar-refractivity contribution is -0.722. The van der Waals surface area contributed by atoms with E-state index in [1.807, 2.05) is 6.92 Å². The van der Waals surface area contributed by atoms with Crippen LogP contribution in [-0.2, 0) is 4.74 Å². The molecule has 1 unspecified atom stereocenters. The summed E-state index contributed by atoms with van der Waals surface area (Å²) in [5.74, 6) is 0.594. The number of nitrogens with one attached hydrogen (secondary N) is 1. The van der Waals surface area contributed by atoms with Crippen LogP contribution in [0, 0.1) is 0 Å². The molecular weight excluding hydrogens is 344 g/mol. The van der Waals surface area contributed by atoms with Crippen molar-refractivity contribution in [2.75, 3.05) is 25.1 Å². The lowest BCUT2D eigenvalue weighted by Crippen LogP contribution is -3.00. The molecule has 4 N–H and O–H groups in total. The molecule has 0 fully saturated rings. The van der Waals surface area contributed by atoms with Crippen LogP contribution in [-0.4, -0.2) is 42.6 Å². The van der Waals surface area contributed by atoms with E-state index in [0.29, 0.717) is 24.6 Å². The first-order valence-corrected chi connectivity index (χ1v) is 8.49. The summed E-state index contributed by atoms with van der Waals surface area (Å²) in [7, 11) is 0. The van der Waals surface area contributed by atoms with Gasteiger partial charge in [-0.25, -0.2) is 4.79 Å². The fraction of sp³-hybridized carbons (Fsp3) is 0.611. The zero-order valence-corrected chi connectivity index (χ0v) is 16.3. The number of carbonyl (C=O) groups is 1. The molecule has 1 rings (SSSR count). The number of aliphatic hydroxyl groups excluding tert-OH is 1. The number of benzene rings is 1. The highest BCUT2D eigenvalue weighted by Gasteiger charge is 2.16. The van der Waals surface area contributed by atoms with Crippen molar-refractivity contribution in [2.24, 2.45) is 0 Å². The predicted molar refractivity (Wildman–Crippen MR) is 94.4 cm³/mol. The SMILES string of the molecule is CCCCOC(=O)Nc1cccc(OCC(O)C[NH2+]C(C)(C)C)c1.[Cl-]. The van der Waals surface area contributed by atoms with Crippen LogP contribution in [0.3, 0.4) is 0 Å². The van der Waals surface area contributed by atoms with Crippen molar-refractivity contribution in [3.8, 4) is 5.75 Å². The molecular formula is C18H31ClN2O4. The number of hydrogen-bond donors (Lipinski definition) is 3. The Bertz CT molecular complexity index is 506. The van der Waals surface area contributed by atoms with Crippen molar-refractivity contribution in [3.63, 3.8) is 0 Å². The van der Waals surface area contributed by atoms with Gasteiger partial charge in [-0.1, -0.05) is 19.4 Å². The van der Waals surface area contributed by atoms with Gasteiger partial charge in [-0.15, -0.1) is 0 Å². The van der Waals surface area contributed by atoms with Gasteiger partial charge < -0.3 is 32.3 Å². The summed E-state index contributed by atoms with van der Waals surface area (Å²) in [6.45, 7) is 9.51. The summed E-state index contributed by atoms with van der Waals surface area (Å²) in [4.78, 5) is 11.6. The Morgan fingerprint density at radius 3 is 2.72 bits per heavy atom. The molecule has 0 aromatic heterocycles. The minimum absolute atomic E-state index is 0. The summed E-state index contributed by atoms with van der Waals surface area (Å²) in [5, 5.41) is 14.7. The molecule has 0 saturated heterocycles. The van der Waals surface area contributed by atoms with E-state index in [-0.39, 0.29) is 24.6 Å². The fourth-order valence-electron chi connectivity index (χ4n) is 1.88. The number of anilines is 1. The minimum atomic E-state index is -0.556. The maximum absolute atomic E-state index is 11.6. The second-order valence-electron chi connectivity index (χ2n) is 6.91. The largest absolute Gasteiger partial charge is 1.00 e. The van der Waals surface area contributed by atoms with Crippen LogP contribution < -0.4 is 27.8 Å². The van der Waals surface area contributed by atoms with Crippen LogP contribution >= 0.6 is 0 Å². The molecule has 25 heavy (non-hydrogen) atoms. The maximum atomic E-state index is 11.6. The summed E-state index contributed by atoms with van der Waals surface area (Å²) < 4.78 is 10.6. The zero-order chi connectivity index (χ0) is 18.0. The van der Waals surface area contributed by atoms with Gasteiger partial charge >= 0.3 is 6.09 Å². The third-order valence-corrected chi connectivity index (χ3v) is 3.26. The van der Waals surface area contributed by atoms with E-state index in [4.69, 9.17) is 9.47 Å². The van der Waals surface area contributed by atoms with Crippen LogP contribution in [0.25, 0.3) is 0 Å². The number of unbranched alkanes of at least 4 members (excludes halogenated alkanes) is 1. The number of nitrogens with two attached hydrogens (primary N) is 1. The molecule has 6 nitrogen and oxygen atoms in total. The van der Waals surface area contributed by atoms with Gasteiger partial charge in [0.05, 0.1) is 12.1 Å². The Morgan fingerprint density at radius 2 is 2.08 bits per heavy atom. The zero-order valence-electron chi connectivity index (χ0n) is 15.5. The maximum Gasteiger partial charge on any atom is 0.411 e. The van der Waals surface area contributed by atoms with Crippen LogP contribution in [0.2, 0.25) is 0 Å². The van der Waals surface area contributed by atoms with Gasteiger partial charge in [-0.3, -0.25) is 5.32 Å². The third-order valence-electron chi connectivity index (χ3n) is 3.26. The number of halogens is 1. The Morgan fingerprint density at radius 1 is 1.36 bits per heavy atom. The van der Waals surface area contributed by atoms with Crippen LogP contribution in [0.4, 0.5) is 10.5 Å². The molecule has 0 bridgehead atoms. The minimum Gasteiger partial charge on any atom is -1.00 e. The molecule has 1 atom stereocenters. The lowest BCUT2D eigenvalue weighted by atomic mass is 10.1. The van der Waals surface area contributed by atoms with E-state index in [2.05, 4.69) is 31.4 Å². The normalized spacial score (nSPS) is 12.0. The van der Waals surface area contributed by atoms with E-state index in [9.17, 15) is 9.90 Å². The van der Waals surface area contributed by atoms with Gasteiger partial charge in [-0.05, 0) is 39.3 Å². The van der Waals surface area contributed by atoms with Gasteiger partial charge in [-0.2, -0.15) is 0 Å². The molecule has 0 aliphatic heterocycles. The lowest BCUT2D eigenvalue weighted by Gasteiger charge is -2.19. The van der Waals surface area contributed by atoms with Crippen molar-refractivity contribution in [1.29, 1.82) is 0 Å². The number of hydrogen-bond acceptors (Lipinski definition) is 4. The van der Waals surface area contributed by atoms with E-state index >= 15 is 0 Å². The van der Waals surface area contributed by atoms with Gasteiger partial charge in [0.25, 0.3) is 0 Å². The quantitative estimate of drug-likeness (QED) is 0.491. The number of ether oxygens (including phenoxy) is 2. The average molecular weight is 375 g/mol. The molecule has 0 radical (unpaired) electrons. The number of amides is 1. The van der Waals surface area contributed by atoms with Gasteiger partial charge in [0.15, 0.2) is 0 Å². The van der Waals surface area contributed by atoms with Gasteiger partial charge in [0.1, 0.15) is 25.0 Å². The second kappa shape index (κ2) is 12.0. The Kier molecular flexibility index (Phi) is 11.2. The highest BCUT2D eigenvalue weighted by Crippen LogP contribution is 2.17. The van der Waals surface area contributed by atoms with Crippen LogP contribution in [0.15, 0.2) is 24.3 Å². The molecule has 1 amide bonds. The molecule has 0 aliphatic rings. The summed E-state index contributed by atoms with van der Waals surface area (Å²) in [6.07, 6.45) is 0.797. The van der Waals surface area contributed by atoms with Crippen LogP contribution in [0.5, 0.6) is 5.75 Å². The predicted octanol–water partition coefficient (Wildman–Crippen LogP) is -0.859. The third kappa shape index (κ3) is 11.6. The topological polar surface area (TPSA) is 84.4 Å². The molecule has 1 aromatic carbocycles.